The van der Waals surface area contributed by atoms with Crippen molar-refractivity contribution in [3.63, 3.8) is 0 Å². The predicted octanol–water partition coefficient (Wildman–Crippen LogP) is 2.97. The van der Waals surface area contributed by atoms with Gasteiger partial charge in [-0.15, -0.1) is 11.3 Å². The number of hydrogen-bond donors (Lipinski definition) is 1. The molecule has 18 heavy (non-hydrogen) atoms. The van der Waals surface area contributed by atoms with Crippen molar-refractivity contribution in [3.05, 3.63) is 51.7 Å². The molecule has 2 rings (SSSR count). The number of anilines is 1. The zero-order valence-corrected chi connectivity index (χ0v) is 9.97. The van der Waals surface area contributed by atoms with Crippen LogP contribution in [0.3, 0.4) is 0 Å². The molecule has 0 bridgehead atoms. The van der Waals surface area contributed by atoms with Crippen LogP contribution in [-0.4, -0.2) is 5.97 Å². The largest absolute Gasteiger partial charge is 0.456 e. The lowest BCUT2D eigenvalue weighted by Crippen LogP contribution is -2.06. The van der Waals surface area contributed by atoms with Gasteiger partial charge in [-0.05, 0) is 29.6 Å². The van der Waals surface area contributed by atoms with Gasteiger partial charge in [-0.3, -0.25) is 0 Å². The lowest BCUT2D eigenvalue weighted by Gasteiger charge is -2.05. The summed E-state index contributed by atoms with van der Waals surface area (Å²) >= 11 is 1.13. The van der Waals surface area contributed by atoms with Crippen molar-refractivity contribution in [3.8, 4) is 0 Å². The Hall–Kier alpha value is -1.95. The minimum absolute atomic E-state index is 0.0153. The molecule has 0 aliphatic carbocycles. The Morgan fingerprint density at radius 2 is 2.11 bits per heavy atom. The van der Waals surface area contributed by atoms with E-state index in [1.807, 2.05) is 0 Å². The average Bonchev–Trinajstić information content (AvgIpc) is 2.76. The van der Waals surface area contributed by atoms with Crippen LogP contribution < -0.4 is 5.73 Å². The molecule has 2 aromatic rings. The number of nitrogens with two attached hydrogens (primary N) is 1. The van der Waals surface area contributed by atoms with Crippen molar-refractivity contribution in [1.82, 2.24) is 0 Å². The number of esters is 1. The highest BCUT2D eigenvalue weighted by Crippen LogP contribution is 2.20. The second kappa shape index (κ2) is 5.14. The quantitative estimate of drug-likeness (QED) is 0.871. The summed E-state index contributed by atoms with van der Waals surface area (Å²) < 4.78 is 31.0. The summed E-state index contributed by atoms with van der Waals surface area (Å²) in [4.78, 5) is 11.8. The van der Waals surface area contributed by atoms with E-state index < -0.39 is 17.6 Å². The number of carbonyl (C=O) groups is 1. The topological polar surface area (TPSA) is 52.3 Å². The Balaban J connectivity index is 2.06. The van der Waals surface area contributed by atoms with Gasteiger partial charge in [0.1, 0.15) is 23.1 Å². The molecule has 1 heterocycles. The Morgan fingerprint density at radius 3 is 2.78 bits per heavy atom. The molecule has 6 heteroatoms. The monoisotopic (exact) mass is 269 g/mol. The first-order valence-corrected chi connectivity index (χ1v) is 5.90. The molecule has 0 unspecified atom stereocenters. The number of halogens is 2. The highest BCUT2D eigenvalue weighted by atomic mass is 32.1. The van der Waals surface area contributed by atoms with Crippen molar-refractivity contribution in [2.45, 2.75) is 6.61 Å². The maximum atomic E-state index is 13.3. The summed E-state index contributed by atoms with van der Waals surface area (Å²) in [5, 5.41) is 1.65. The van der Waals surface area contributed by atoms with Crippen LogP contribution in [0, 0.1) is 11.6 Å². The van der Waals surface area contributed by atoms with E-state index in [1.54, 1.807) is 11.4 Å². The molecule has 0 amide bonds. The van der Waals surface area contributed by atoms with Gasteiger partial charge >= 0.3 is 5.97 Å². The zero-order valence-electron chi connectivity index (χ0n) is 9.15. The number of carbonyl (C=O) groups excluding carboxylic acids is 1. The third kappa shape index (κ3) is 2.65. The Kier molecular flexibility index (Phi) is 3.57. The predicted molar refractivity (Wildman–Crippen MR) is 64.2 cm³/mol. The van der Waals surface area contributed by atoms with Crippen LogP contribution >= 0.6 is 11.3 Å². The second-order valence-corrected chi connectivity index (χ2v) is 4.43. The molecule has 3 nitrogen and oxygen atoms in total. The van der Waals surface area contributed by atoms with Crippen LogP contribution in [0.5, 0.6) is 0 Å². The summed E-state index contributed by atoms with van der Waals surface area (Å²) in [6.45, 7) is -0.334. The molecule has 1 aromatic heterocycles. The van der Waals surface area contributed by atoms with Crippen LogP contribution in [0.25, 0.3) is 0 Å². The lowest BCUT2D eigenvalue weighted by atomic mass is 10.2. The number of hydrogen-bond acceptors (Lipinski definition) is 4. The summed E-state index contributed by atoms with van der Waals surface area (Å²) in [6, 6.07) is 4.54. The second-order valence-electron chi connectivity index (χ2n) is 3.52. The SMILES string of the molecule is Nc1ccsc1C(=O)OCc1cc(F)ccc1F. The third-order valence-electron chi connectivity index (χ3n) is 2.25. The maximum absolute atomic E-state index is 13.3. The number of ether oxygens (including phenoxy) is 1. The molecule has 1 aromatic carbocycles. The van der Waals surface area contributed by atoms with E-state index >= 15 is 0 Å². The van der Waals surface area contributed by atoms with E-state index in [9.17, 15) is 13.6 Å². The van der Waals surface area contributed by atoms with Gasteiger partial charge < -0.3 is 10.5 Å². The standard InChI is InChI=1S/C12H9F2NO2S/c13-8-1-2-9(14)7(5-8)6-17-12(16)11-10(15)3-4-18-11/h1-5H,6,15H2. The van der Waals surface area contributed by atoms with E-state index in [2.05, 4.69) is 0 Å². The summed E-state index contributed by atoms with van der Waals surface area (Å²) in [6.07, 6.45) is 0. The minimum Gasteiger partial charge on any atom is -0.456 e. The van der Waals surface area contributed by atoms with Gasteiger partial charge in [0.25, 0.3) is 0 Å². The van der Waals surface area contributed by atoms with Gasteiger partial charge in [0.15, 0.2) is 0 Å². The van der Waals surface area contributed by atoms with E-state index in [0.717, 1.165) is 29.5 Å². The Morgan fingerprint density at radius 1 is 1.33 bits per heavy atom. The lowest BCUT2D eigenvalue weighted by molar-refractivity contribution is 0.0475. The van der Waals surface area contributed by atoms with Crippen molar-refractivity contribution in [2.24, 2.45) is 0 Å². The maximum Gasteiger partial charge on any atom is 0.350 e. The molecule has 0 aliphatic heterocycles. The summed E-state index contributed by atoms with van der Waals surface area (Å²) in [5.74, 6) is -1.85. The van der Waals surface area contributed by atoms with Crippen LogP contribution in [-0.2, 0) is 11.3 Å². The van der Waals surface area contributed by atoms with Crippen LogP contribution in [0.1, 0.15) is 15.2 Å². The van der Waals surface area contributed by atoms with Gasteiger partial charge in [-0.2, -0.15) is 0 Å². The minimum atomic E-state index is -0.647. The van der Waals surface area contributed by atoms with Gasteiger partial charge in [0, 0.05) is 5.56 Å². The van der Waals surface area contributed by atoms with Gasteiger partial charge in [0.2, 0.25) is 0 Å². The van der Waals surface area contributed by atoms with Crippen molar-refractivity contribution in [1.29, 1.82) is 0 Å². The molecule has 0 fully saturated rings. The summed E-state index contributed by atoms with van der Waals surface area (Å²) in [5.41, 5.74) is 5.83. The Bertz CT molecular complexity index is 583. The smallest absolute Gasteiger partial charge is 0.350 e. The molecule has 0 saturated carbocycles. The number of thiophene rings is 1. The molecule has 0 aliphatic rings. The van der Waals surface area contributed by atoms with E-state index in [1.165, 1.54) is 0 Å². The van der Waals surface area contributed by atoms with E-state index in [-0.39, 0.29) is 17.0 Å². The molecule has 94 valence electrons. The first-order chi connectivity index (χ1) is 8.58. The molecule has 2 N–H and O–H groups in total. The van der Waals surface area contributed by atoms with Gasteiger partial charge in [-0.1, -0.05) is 0 Å². The first-order valence-electron chi connectivity index (χ1n) is 5.02. The Labute approximate surface area is 106 Å². The fourth-order valence-electron chi connectivity index (χ4n) is 1.35. The molecule has 0 radical (unpaired) electrons. The van der Waals surface area contributed by atoms with Crippen molar-refractivity contribution in [2.75, 3.05) is 5.73 Å². The average molecular weight is 269 g/mol. The molecular formula is C12H9F2NO2S. The van der Waals surface area contributed by atoms with Gasteiger partial charge in [-0.25, -0.2) is 13.6 Å². The highest BCUT2D eigenvalue weighted by Gasteiger charge is 2.14. The number of benzene rings is 1. The molecule has 0 saturated heterocycles. The normalized spacial score (nSPS) is 10.3. The first kappa shape index (κ1) is 12.5. The fourth-order valence-corrected chi connectivity index (χ4v) is 2.06. The van der Waals surface area contributed by atoms with Crippen molar-refractivity contribution >= 4 is 23.0 Å². The number of rotatable bonds is 3. The molecular weight excluding hydrogens is 260 g/mol. The van der Waals surface area contributed by atoms with Crippen molar-refractivity contribution < 1.29 is 18.3 Å². The summed E-state index contributed by atoms with van der Waals surface area (Å²) in [7, 11) is 0. The van der Waals surface area contributed by atoms with Gasteiger partial charge in [0.05, 0.1) is 5.69 Å². The van der Waals surface area contributed by atoms with Crippen LogP contribution in [0.15, 0.2) is 29.6 Å². The van der Waals surface area contributed by atoms with Crippen LogP contribution in [0.4, 0.5) is 14.5 Å². The fraction of sp³-hybridized carbons (Fsp3) is 0.0833. The third-order valence-corrected chi connectivity index (χ3v) is 3.16. The molecule has 0 spiro atoms. The highest BCUT2D eigenvalue weighted by molar-refractivity contribution is 7.12. The molecule has 0 atom stereocenters. The zero-order chi connectivity index (χ0) is 13.1. The number of nitrogen functional groups attached to an aromatic ring is 1. The van der Waals surface area contributed by atoms with Crippen LogP contribution in [0.2, 0.25) is 0 Å². The van der Waals surface area contributed by atoms with E-state index in [0.29, 0.717) is 5.69 Å². The van der Waals surface area contributed by atoms with E-state index in [4.69, 9.17) is 10.5 Å².